The molecule has 0 aliphatic carbocycles. The van der Waals surface area contributed by atoms with Crippen LogP contribution in [-0.2, 0) is 14.3 Å². The first-order chi connectivity index (χ1) is 26.1. The van der Waals surface area contributed by atoms with Crippen molar-refractivity contribution in [2.45, 2.75) is 238 Å². The number of unbranched alkanes of at least 4 members (excludes halogenated alkanes) is 24. The molecule has 0 aliphatic rings. The molecule has 1 unspecified atom stereocenters. The zero-order valence-corrected chi connectivity index (χ0v) is 35.1. The number of hydrogen-bond donors (Lipinski definition) is 1. The van der Waals surface area contributed by atoms with Crippen LogP contribution >= 0.6 is 0 Å². The monoisotopic (exact) mass is 739 g/mol. The van der Waals surface area contributed by atoms with Crippen molar-refractivity contribution >= 4 is 11.9 Å². The molecular formula is C49H86O4. The van der Waals surface area contributed by atoms with Crippen LogP contribution in [0.4, 0.5) is 0 Å². The predicted molar refractivity (Wildman–Crippen MR) is 232 cm³/mol. The Morgan fingerprint density at radius 1 is 0.434 bits per heavy atom. The lowest BCUT2D eigenvalue weighted by atomic mass is 10.0. The maximum atomic E-state index is 12.6. The maximum absolute atomic E-state index is 12.6. The van der Waals surface area contributed by atoms with E-state index in [1.54, 1.807) is 0 Å². The van der Waals surface area contributed by atoms with Crippen molar-refractivity contribution in [3.8, 4) is 0 Å². The lowest BCUT2D eigenvalue weighted by molar-refractivity contribution is -0.147. The summed E-state index contributed by atoms with van der Waals surface area (Å²) in [6.07, 6.45) is 61.4. The van der Waals surface area contributed by atoms with E-state index in [-0.39, 0.29) is 18.5 Å². The fourth-order valence-electron chi connectivity index (χ4n) is 6.66. The number of aliphatic carboxylic acids is 1. The minimum atomic E-state index is -0.774. The standard InChI is InChI=1S/C49H86O4/c1-3-5-7-9-11-13-15-17-19-20-21-22-23-24-25-26-27-28-30-32-34-36-38-40-46-49(52)53-47(44-41-42-45-48(50)51)43-39-37-35-33-31-29-18-16-14-12-10-8-6-4-2/h6,8,12,14,18,29,33,35,39,43,47H,3-5,7,9-11,13,15-17,19-28,30-32,34,36-38,40-42,44-46H2,1-2H3,(H,50,51)/b8-6-,14-12-,29-18-,35-33-,43-39-. The second-order valence-corrected chi connectivity index (χ2v) is 15.2. The number of carbonyl (C=O) groups is 2. The predicted octanol–water partition coefficient (Wildman–Crippen LogP) is 16.1. The Balaban J connectivity index is 3.84. The van der Waals surface area contributed by atoms with E-state index in [4.69, 9.17) is 9.84 Å². The van der Waals surface area contributed by atoms with E-state index in [1.165, 1.54) is 141 Å². The second kappa shape index (κ2) is 44.0. The zero-order chi connectivity index (χ0) is 38.6. The third-order valence-corrected chi connectivity index (χ3v) is 9.99. The van der Waals surface area contributed by atoms with Gasteiger partial charge in [0.2, 0.25) is 0 Å². The SMILES string of the molecule is CC/C=C\C/C=C\C/C=C\C/C=C\C/C=C\C(CCCCC(=O)O)OC(=O)CCCCCCCCCCCCCCCCCCCCCCCCCC. The molecule has 0 rings (SSSR count). The molecule has 0 aromatic carbocycles. The third-order valence-electron chi connectivity index (χ3n) is 9.99. The van der Waals surface area contributed by atoms with Crippen molar-refractivity contribution in [3.05, 3.63) is 60.8 Å². The van der Waals surface area contributed by atoms with E-state index in [9.17, 15) is 9.59 Å². The van der Waals surface area contributed by atoms with Crippen LogP contribution in [0.25, 0.3) is 0 Å². The lowest BCUT2D eigenvalue weighted by Gasteiger charge is -2.14. The zero-order valence-electron chi connectivity index (χ0n) is 35.1. The van der Waals surface area contributed by atoms with Crippen LogP contribution in [-0.4, -0.2) is 23.1 Å². The van der Waals surface area contributed by atoms with Gasteiger partial charge in [0.05, 0.1) is 0 Å². The summed E-state index contributed by atoms with van der Waals surface area (Å²) in [6.45, 7) is 4.44. The van der Waals surface area contributed by atoms with E-state index in [2.05, 4.69) is 68.5 Å². The summed E-state index contributed by atoms with van der Waals surface area (Å²) in [5.74, 6) is -0.906. The number of allylic oxidation sites excluding steroid dienone is 9. The van der Waals surface area contributed by atoms with Crippen molar-refractivity contribution in [2.75, 3.05) is 0 Å². The summed E-state index contributed by atoms with van der Waals surface area (Å²) in [5.41, 5.74) is 0. The van der Waals surface area contributed by atoms with Gasteiger partial charge in [-0.05, 0) is 63.9 Å². The largest absolute Gasteiger partial charge is 0.481 e. The molecule has 306 valence electrons. The van der Waals surface area contributed by atoms with Gasteiger partial charge in [0.25, 0.3) is 0 Å². The first kappa shape index (κ1) is 50.6. The highest BCUT2D eigenvalue weighted by Gasteiger charge is 2.12. The number of carboxylic acids is 1. The molecule has 53 heavy (non-hydrogen) atoms. The van der Waals surface area contributed by atoms with Gasteiger partial charge in [0.1, 0.15) is 6.10 Å². The summed E-state index contributed by atoms with van der Waals surface area (Å²) in [5, 5.41) is 8.96. The van der Waals surface area contributed by atoms with Crippen LogP contribution < -0.4 is 0 Å². The van der Waals surface area contributed by atoms with E-state index >= 15 is 0 Å². The van der Waals surface area contributed by atoms with Gasteiger partial charge < -0.3 is 9.84 Å². The number of hydrogen-bond acceptors (Lipinski definition) is 3. The molecule has 0 radical (unpaired) electrons. The van der Waals surface area contributed by atoms with Crippen molar-refractivity contribution in [3.63, 3.8) is 0 Å². The first-order valence-electron chi connectivity index (χ1n) is 22.8. The average Bonchev–Trinajstić information content (AvgIpc) is 3.15. The Hall–Kier alpha value is -2.36. The first-order valence-corrected chi connectivity index (χ1v) is 22.8. The van der Waals surface area contributed by atoms with Gasteiger partial charge >= 0.3 is 11.9 Å². The minimum absolute atomic E-state index is 0.132. The van der Waals surface area contributed by atoms with Crippen molar-refractivity contribution in [2.24, 2.45) is 0 Å². The van der Waals surface area contributed by atoms with E-state index < -0.39 is 5.97 Å². The molecule has 1 N–H and O–H groups in total. The Kier molecular flexibility index (Phi) is 42.1. The van der Waals surface area contributed by atoms with Crippen molar-refractivity contribution in [1.82, 2.24) is 0 Å². The molecule has 0 aromatic rings. The molecule has 0 spiro atoms. The van der Waals surface area contributed by atoms with Crippen molar-refractivity contribution < 1.29 is 19.4 Å². The average molecular weight is 739 g/mol. The molecule has 0 aromatic heterocycles. The van der Waals surface area contributed by atoms with Crippen LogP contribution in [0.2, 0.25) is 0 Å². The smallest absolute Gasteiger partial charge is 0.306 e. The van der Waals surface area contributed by atoms with E-state index in [0.717, 1.165) is 51.4 Å². The Labute approximate surface area is 329 Å². The van der Waals surface area contributed by atoms with Crippen molar-refractivity contribution in [1.29, 1.82) is 0 Å². The van der Waals surface area contributed by atoms with Gasteiger partial charge in [-0.2, -0.15) is 0 Å². The molecule has 4 heteroatoms. The molecule has 1 atom stereocenters. The number of carbonyl (C=O) groups excluding carboxylic acids is 1. The second-order valence-electron chi connectivity index (χ2n) is 15.2. The molecule has 0 bridgehead atoms. The van der Waals surface area contributed by atoms with Gasteiger partial charge in [-0.3, -0.25) is 9.59 Å². The van der Waals surface area contributed by atoms with Crippen LogP contribution in [0.15, 0.2) is 60.8 Å². The normalized spacial score (nSPS) is 12.8. The quantitative estimate of drug-likeness (QED) is 0.0385. The van der Waals surface area contributed by atoms with Gasteiger partial charge in [0, 0.05) is 12.8 Å². The van der Waals surface area contributed by atoms with E-state index in [0.29, 0.717) is 19.3 Å². The third kappa shape index (κ3) is 43.9. The van der Waals surface area contributed by atoms with Gasteiger partial charge in [0.15, 0.2) is 0 Å². The fraction of sp³-hybridized carbons (Fsp3) is 0.755. The fourth-order valence-corrected chi connectivity index (χ4v) is 6.66. The lowest BCUT2D eigenvalue weighted by Crippen LogP contribution is -2.16. The topological polar surface area (TPSA) is 63.6 Å². The summed E-state index contributed by atoms with van der Waals surface area (Å²) >= 11 is 0. The van der Waals surface area contributed by atoms with Gasteiger partial charge in [-0.25, -0.2) is 0 Å². The molecule has 0 fully saturated rings. The van der Waals surface area contributed by atoms with E-state index in [1.807, 2.05) is 6.08 Å². The highest BCUT2D eigenvalue weighted by molar-refractivity contribution is 5.69. The van der Waals surface area contributed by atoms with Gasteiger partial charge in [-0.15, -0.1) is 0 Å². The summed E-state index contributed by atoms with van der Waals surface area (Å²) < 4.78 is 5.80. The molecule has 4 nitrogen and oxygen atoms in total. The summed E-state index contributed by atoms with van der Waals surface area (Å²) in [7, 11) is 0. The molecule has 0 amide bonds. The van der Waals surface area contributed by atoms with Gasteiger partial charge in [-0.1, -0.05) is 216 Å². The number of esters is 1. The highest BCUT2D eigenvalue weighted by atomic mass is 16.5. The number of rotatable bonds is 41. The number of ether oxygens (including phenoxy) is 1. The Bertz CT molecular complexity index is 927. The molecule has 0 aliphatic heterocycles. The van der Waals surface area contributed by atoms with Crippen LogP contribution in [0.1, 0.15) is 232 Å². The summed E-state index contributed by atoms with van der Waals surface area (Å²) in [4.78, 5) is 23.5. The van der Waals surface area contributed by atoms with Crippen LogP contribution in [0.3, 0.4) is 0 Å². The minimum Gasteiger partial charge on any atom is -0.481 e. The molecule has 0 heterocycles. The molecule has 0 saturated carbocycles. The number of carboxylic acid groups (broad SMARTS) is 1. The molecular weight excluding hydrogens is 653 g/mol. The highest BCUT2D eigenvalue weighted by Crippen LogP contribution is 2.17. The van der Waals surface area contributed by atoms with Crippen LogP contribution in [0, 0.1) is 0 Å². The van der Waals surface area contributed by atoms with Crippen LogP contribution in [0.5, 0.6) is 0 Å². The Morgan fingerprint density at radius 2 is 0.774 bits per heavy atom. The summed E-state index contributed by atoms with van der Waals surface area (Å²) in [6, 6.07) is 0. The molecule has 0 saturated heterocycles. The maximum Gasteiger partial charge on any atom is 0.306 e. The Morgan fingerprint density at radius 3 is 1.15 bits per heavy atom.